The van der Waals surface area contributed by atoms with Gasteiger partial charge in [0.25, 0.3) is 0 Å². The molecule has 0 heterocycles. The van der Waals surface area contributed by atoms with Gasteiger partial charge < -0.3 is 0 Å². The van der Waals surface area contributed by atoms with E-state index in [4.69, 9.17) is 11.6 Å². The molecule has 0 amide bonds. The normalized spacial score (nSPS) is 10.9. The highest BCUT2D eigenvalue weighted by Gasteiger charge is 2.07. The van der Waals surface area contributed by atoms with Crippen LogP contribution in [0.3, 0.4) is 0 Å². The minimum absolute atomic E-state index is 0.220. The van der Waals surface area contributed by atoms with E-state index < -0.39 is 0 Å². The molecule has 0 fully saturated rings. The summed E-state index contributed by atoms with van der Waals surface area (Å²) >= 11 is 7.58. The summed E-state index contributed by atoms with van der Waals surface area (Å²) in [5.41, 5.74) is 2.38. The molecule has 21 heavy (non-hydrogen) atoms. The second kappa shape index (κ2) is 7.67. The average Bonchev–Trinajstić information content (AvgIpc) is 2.47. The molecule has 0 bridgehead atoms. The van der Waals surface area contributed by atoms with Gasteiger partial charge in [-0.3, -0.25) is 4.79 Å². The lowest BCUT2D eigenvalue weighted by Crippen LogP contribution is -2.05. The highest BCUT2D eigenvalue weighted by atomic mass is 35.5. The highest BCUT2D eigenvalue weighted by Crippen LogP contribution is 2.26. The minimum Gasteiger partial charge on any atom is -0.298 e. The lowest BCUT2D eigenvalue weighted by atomic mass is 10.0. The Kier molecular flexibility index (Phi) is 5.89. The van der Waals surface area contributed by atoms with E-state index in [-0.39, 0.29) is 5.78 Å². The van der Waals surface area contributed by atoms with Crippen molar-refractivity contribution in [2.45, 2.75) is 31.1 Å². The van der Waals surface area contributed by atoms with Crippen molar-refractivity contribution in [3.05, 3.63) is 64.7 Å². The molecular weight excluding hydrogens is 300 g/mol. The van der Waals surface area contributed by atoms with Crippen LogP contribution >= 0.6 is 23.4 Å². The maximum absolute atomic E-state index is 12.1. The van der Waals surface area contributed by atoms with Gasteiger partial charge in [0.15, 0.2) is 0 Å². The number of hydrogen-bond acceptors (Lipinski definition) is 2. The van der Waals surface area contributed by atoms with Gasteiger partial charge in [0.1, 0.15) is 5.78 Å². The lowest BCUT2D eigenvalue weighted by Gasteiger charge is -2.07. The number of carbonyl (C=O) groups excluding carboxylic acids is 1. The summed E-state index contributed by atoms with van der Waals surface area (Å²) in [6, 6.07) is 15.9. The van der Waals surface area contributed by atoms with Gasteiger partial charge in [-0.25, -0.2) is 0 Å². The largest absolute Gasteiger partial charge is 0.298 e. The zero-order valence-electron chi connectivity index (χ0n) is 12.3. The maximum atomic E-state index is 12.1. The fourth-order valence-electron chi connectivity index (χ4n) is 2.02. The van der Waals surface area contributed by atoms with E-state index in [2.05, 4.69) is 26.0 Å². The Bertz CT molecular complexity index is 605. The molecule has 1 nitrogen and oxygen atoms in total. The Hall–Kier alpha value is -1.25. The van der Waals surface area contributed by atoms with Crippen molar-refractivity contribution in [3.8, 4) is 0 Å². The van der Waals surface area contributed by atoms with Crippen molar-refractivity contribution < 1.29 is 4.79 Å². The van der Waals surface area contributed by atoms with Crippen LogP contribution in [0.2, 0.25) is 5.02 Å². The van der Waals surface area contributed by atoms with Gasteiger partial charge in [-0.15, -0.1) is 11.8 Å². The summed E-state index contributed by atoms with van der Waals surface area (Å²) < 4.78 is 0. The van der Waals surface area contributed by atoms with Crippen molar-refractivity contribution in [1.82, 2.24) is 0 Å². The van der Waals surface area contributed by atoms with Gasteiger partial charge in [0, 0.05) is 11.3 Å². The predicted molar refractivity (Wildman–Crippen MR) is 91.4 cm³/mol. The van der Waals surface area contributed by atoms with E-state index in [0.717, 1.165) is 10.5 Å². The minimum atomic E-state index is 0.220. The SMILES string of the molecule is CC(C)c1ccc(CC(=O)CSc2ccccc2Cl)cc1. The molecule has 3 heteroatoms. The third-order valence-corrected chi connectivity index (χ3v) is 4.85. The smallest absolute Gasteiger partial charge is 0.147 e. The van der Waals surface area contributed by atoms with Crippen LogP contribution in [-0.2, 0) is 11.2 Å². The summed E-state index contributed by atoms with van der Waals surface area (Å²) in [5, 5.41) is 0.705. The summed E-state index contributed by atoms with van der Waals surface area (Å²) in [4.78, 5) is 13.0. The number of rotatable bonds is 6. The molecule has 2 aromatic rings. The molecule has 0 atom stereocenters. The topological polar surface area (TPSA) is 17.1 Å². The zero-order chi connectivity index (χ0) is 15.2. The third-order valence-electron chi connectivity index (χ3n) is 3.27. The fraction of sp³-hybridized carbons (Fsp3) is 0.278. The quantitative estimate of drug-likeness (QED) is 0.666. The van der Waals surface area contributed by atoms with Crippen LogP contribution < -0.4 is 0 Å². The molecule has 0 aliphatic carbocycles. The molecule has 0 radical (unpaired) electrons. The molecule has 0 aliphatic heterocycles. The van der Waals surface area contributed by atoms with E-state index in [1.807, 2.05) is 36.4 Å². The summed E-state index contributed by atoms with van der Waals surface area (Å²) in [7, 11) is 0. The number of benzene rings is 2. The first kappa shape index (κ1) is 16.1. The average molecular weight is 319 g/mol. The molecule has 2 aromatic carbocycles. The Balaban J connectivity index is 1.88. The molecule has 0 saturated heterocycles. The van der Waals surface area contributed by atoms with Gasteiger partial charge in [-0.1, -0.05) is 61.8 Å². The van der Waals surface area contributed by atoms with Crippen LogP contribution in [0.15, 0.2) is 53.4 Å². The van der Waals surface area contributed by atoms with E-state index in [1.165, 1.54) is 17.3 Å². The predicted octanol–water partition coefficient (Wildman–Crippen LogP) is 5.37. The molecule has 0 N–H and O–H groups in total. The lowest BCUT2D eigenvalue weighted by molar-refractivity contribution is -0.116. The molecule has 0 aromatic heterocycles. The Morgan fingerprint density at radius 2 is 1.76 bits per heavy atom. The van der Waals surface area contributed by atoms with E-state index in [1.54, 1.807) is 0 Å². The van der Waals surface area contributed by atoms with Crippen molar-refractivity contribution in [2.24, 2.45) is 0 Å². The molecule has 2 rings (SSSR count). The van der Waals surface area contributed by atoms with Crippen LogP contribution in [0.5, 0.6) is 0 Å². The van der Waals surface area contributed by atoms with E-state index in [9.17, 15) is 4.79 Å². The van der Waals surface area contributed by atoms with Crippen molar-refractivity contribution in [2.75, 3.05) is 5.75 Å². The van der Waals surface area contributed by atoms with Crippen molar-refractivity contribution >= 4 is 29.1 Å². The number of halogens is 1. The van der Waals surface area contributed by atoms with Crippen molar-refractivity contribution in [1.29, 1.82) is 0 Å². The standard InChI is InChI=1S/C18H19ClOS/c1-13(2)15-9-7-14(8-10-15)11-16(20)12-21-18-6-4-3-5-17(18)19/h3-10,13H,11-12H2,1-2H3. The number of ketones is 1. The van der Waals surface area contributed by atoms with Crippen LogP contribution in [0, 0.1) is 0 Å². The van der Waals surface area contributed by atoms with Gasteiger partial charge in [0.05, 0.1) is 10.8 Å². The van der Waals surface area contributed by atoms with Gasteiger partial charge in [0.2, 0.25) is 0 Å². The monoisotopic (exact) mass is 318 g/mol. The second-order valence-electron chi connectivity index (χ2n) is 5.33. The number of thioether (sulfide) groups is 1. The Labute approximate surface area is 135 Å². The molecule has 0 aliphatic rings. The molecule has 0 spiro atoms. The summed E-state index contributed by atoms with van der Waals surface area (Å²) in [6.07, 6.45) is 0.482. The van der Waals surface area contributed by atoms with Crippen molar-refractivity contribution in [3.63, 3.8) is 0 Å². The summed E-state index contributed by atoms with van der Waals surface area (Å²) in [5.74, 6) is 1.19. The van der Waals surface area contributed by atoms with Crippen LogP contribution in [0.25, 0.3) is 0 Å². The Morgan fingerprint density at radius 3 is 2.38 bits per heavy atom. The van der Waals surface area contributed by atoms with Crippen LogP contribution in [-0.4, -0.2) is 11.5 Å². The van der Waals surface area contributed by atoms with Gasteiger partial charge >= 0.3 is 0 Å². The van der Waals surface area contributed by atoms with Gasteiger partial charge in [-0.2, -0.15) is 0 Å². The molecule has 0 unspecified atom stereocenters. The van der Waals surface area contributed by atoms with Crippen LogP contribution in [0.4, 0.5) is 0 Å². The maximum Gasteiger partial charge on any atom is 0.147 e. The molecule has 0 saturated carbocycles. The molecule has 110 valence electrons. The van der Waals surface area contributed by atoms with Gasteiger partial charge in [-0.05, 0) is 29.2 Å². The summed E-state index contributed by atoms with van der Waals surface area (Å²) in [6.45, 7) is 4.33. The molecular formula is C18H19ClOS. The highest BCUT2D eigenvalue weighted by molar-refractivity contribution is 8.00. The Morgan fingerprint density at radius 1 is 1.10 bits per heavy atom. The number of carbonyl (C=O) groups is 1. The number of Topliss-reactive ketones (excluding diaryl/α,β-unsaturated/α-hetero) is 1. The zero-order valence-corrected chi connectivity index (χ0v) is 13.9. The van der Waals surface area contributed by atoms with E-state index in [0.29, 0.717) is 23.1 Å². The first-order chi connectivity index (χ1) is 10.1. The first-order valence-corrected chi connectivity index (χ1v) is 8.40. The third kappa shape index (κ3) is 4.90. The second-order valence-corrected chi connectivity index (χ2v) is 6.76. The van der Waals surface area contributed by atoms with Crippen LogP contribution in [0.1, 0.15) is 30.9 Å². The first-order valence-electron chi connectivity index (χ1n) is 7.04. The fourth-order valence-corrected chi connectivity index (χ4v) is 3.12. The van der Waals surface area contributed by atoms with E-state index >= 15 is 0 Å². The number of hydrogen-bond donors (Lipinski definition) is 0.